The van der Waals surface area contributed by atoms with Crippen LogP contribution in [0.15, 0.2) is 0 Å². The number of rotatable bonds is 1. The first kappa shape index (κ1) is 8.13. The molecule has 1 aliphatic heterocycles. The van der Waals surface area contributed by atoms with Gasteiger partial charge in [-0.05, 0) is 37.8 Å². The summed E-state index contributed by atoms with van der Waals surface area (Å²) in [6.07, 6.45) is 2.53. The number of nitrogens with zero attached hydrogens (tertiary/aromatic N) is 2. The summed E-state index contributed by atoms with van der Waals surface area (Å²) >= 11 is 1.55. The molecule has 0 aromatic carbocycles. The molecule has 0 unspecified atom stereocenters. The molecule has 1 N–H and O–H groups in total. The first-order chi connectivity index (χ1) is 5.86. The lowest BCUT2D eigenvalue weighted by Crippen LogP contribution is -2.28. The summed E-state index contributed by atoms with van der Waals surface area (Å²) in [5.74, 6) is 1.53. The Kier molecular flexibility index (Phi) is 2.37. The first-order valence-electron chi connectivity index (χ1n) is 4.37. The van der Waals surface area contributed by atoms with Gasteiger partial charge in [-0.1, -0.05) is 0 Å². The van der Waals surface area contributed by atoms with E-state index in [4.69, 9.17) is 0 Å². The fraction of sp³-hybridized carbons (Fsp3) is 0.750. The van der Waals surface area contributed by atoms with Crippen molar-refractivity contribution in [2.45, 2.75) is 25.7 Å². The Morgan fingerprint density at radius 1 is 1.58 bits per heavy atom. The Morgan fingerprint density at radius 3 is 3.08 bits per heavy atom. The second-order valence-electron chi connectivity index (χ2n) is 3.22. The summed E-state index contributed by atoms with van der Waals surface area (Å²) in [5.41, 5.74) is 0. The third-order valence-electron chi connectivity index (χ3n) is 2.19. The molecule has 1 fully saturated rings. The minimum absolute atomic E-state index is 0.616. The maximum atomic E-state index is 4.40. The Labute approximate surface area is 76.4 Å². The van der Waals surface area contributed by atoms with Crippen LogP contribution in [0.5, 0.6) is 0 Å². The average Bonchev–Trinajstić information content (AvgIpc) is 2.54. The highest BCUT2D eigenvalue weighted by Gasteiger charge is 2.18. The van der Waals surface area contributed by atoms with Gasteiger partial charge in [0.1, 0.15) is 10.8 Å². The molecule has 3 nitrogen and oxygen atoms in total. The monoisotopic (exact) mass is 183 g/mol. The van der Waals surface area contributed by atoms with E-state index in [-0.39, 0.29) is 0 Å². The molecule has 0 amide bonds. The van der Waals surface area contributed by atoms with Crippen molar-refractivity contribution >= 4 is 11.5 Å². The predicted octanol–water partition coefficient (Wildman–Crippen LogP) is 1.31. The summed E-state index contributed by atoms with van der Waals surface area (Å²) in [5, 5.41) is 4.59. The number of aromatic nitrogens is 2. The summed E-state index contributed by atoms with van der Waals surface area (Å²) in [6.45, 7) is 4.19. The van der Waals surface area contributed by atoms with Crippen molar-refractivity contribution in [1.82, 2.24) is 14.7 Å². The van der Waals surface area contributed by atoms with Crippen molar-refractivity contribution in [1.29, 1.82) is 0 Å². The molecule has 1 saturated heterocycles. The zero-order valence-corrected chi connectivity index (χ0v) is 8.02. The molecule has 12 heavy (non-hydrogen) atoms. The van der Waals surface area contributed by atoms with Crippen molar-refractivity contribution in [2.24, 2.45) is 0 Å². The van der Waals surface area contributed by atoms with E-state index in [2.05, 4.69) is 14.7 Å². The van der Waals surface area contributed by atoms with Gasteiger partial charge in [0.25, 0.3) is 0 Å². The smallest absolute Gasteiger partial charge is 0.139 e. The Hall–Kier alpha value is -0.480. The van der Waals surface area contributed by atoms with E-state index in [1.807, 2.05) is 6.92 Å². The minimum Gasteiger partial charge on any atom is -0.316 e. The van der Waals surface area contributed by atoms with E-state index in [0.29, 0.717) is 5.92 Å². The number of aryl methyl sites for hydroxylation is 1. The van der Waals surface area contributed by atoms with Crippen LogP contribution in [0.25, 0.3) is 0 Å². The van der Waals surface area contributed by atoms with E-state index in [1.165, 1.54) is 17.8 Å². The maximum Gasteiger partial charge on any atom is 0.139 e. The largest absolute Gasteiger partial charge is 0.316 e. The van der Waals surface area contributed by atoms with E-state index < -0.39 is 0 Å². The Balaban J connectivity index is 2.08. The molecule has 66 valence electrons. The third kappa shape index (κ3) is 1.64. The van der Waals surface area contributed by atoms with Gasteiger partial charge < -0.3 is 5.32 Å². The lowest BCUT2D eigenvalue weighted by atomic mass is 10.0. The highest BCUT2D eigenvalue weighted by Crippen LogP contribution is 2.23. The van der Waals surface area contributed by atoms with Crippen LogP contribution >= 0.6 is 11.5 Å². The molecule has 4 heteroatoms. The predicted molar refractivity (Wildman–Crippen MR) is 49.5 cm³/mol. The second kappa shape index (κ2) is 3.49. The van der Waals surface area contributed by atoms with Gasteiger partial charge in [-0.15, -0.1) is 0 Å². The fourth-order valence-corrected chi connectivity index (χ4v) is 2.33. The molecular weight excluding hydrogens is 170 g/mol. The number of piperidine rings is 1. The molecule has 0 bridgehead atoms. The lowest BCUT2D eigenvalue weighted by molar-refractivity contribution is 0.460. The van der Waals surface area contributed by atoms with Crippen LogP contribution < -0.4 is 5.32 Å². The standard InChI is InChI=1S/C8H13N3S/c1-6-10-8(12-11-6)7-3-2-4-9-5-7/h7,9H,2-5H2,1H3/t7-/m1/s1. The van der Waals surface area contributed by atoms with Gasteiger partial charge in [0, 0.05) is 12.5 Å². The van der Waals surface area contributed by atoms with Crippen molar-refractivity contribution in [2.75, 3.05) is 13.1 Å². The molecule has 0 radical (unpaired) electrons. The van der Waals surface area contributed by atoms with Gasteiger partial charge in [0.05, 0.1) is 0 Å². The van der Waals surface area contributed by atoms with Crippen LogP contribution in [-0.2, 0) is 0 Å². The molecule has 1 aromatic rings. The molecule has 0 saturated carbocycles. The normalized spacial score (nSPS) is 24.2. The highest BCUT2D eigenvalue weighted by atomic mass is 32.1. The highest BCUT2D eigenvalue weighted by molar-refractivity contribution is 7.05. The topological polar surface area (TPSA) is 37.8 Å². The van der Waals surface area contributed by atoms with Crippen LogP contribution in [0.3, 0.4) is 0 Å². The van der Waals surface area contributed by atoms with E-state index >= 15 is 0 Å². The lowest BCUT2D eigenvalue weighted by Gasteiger charge is -2.19. The Morgan fingerprint density at radius 2 is 2.50 bits per heavy atom. The summed E-state index contributed by atoms with van der Waals surface area (Å²) < 4.78 is 4.19. The fourth-order valence-electron chi connectivity index (χ4n) is 1.54. The van der Waals surface area contributed by atoms with Crippen LogP contribution in [0.1, 0.15) is 29.6 Å². The molecule has 2 heterocycles. The molecule has 0 aliphatic carbocycles. The van der Waals surface area contributed by atoms with Gasteiger partial charge in [0.15, 0.2) is 0 Å². The third-order valence-corrected chi connectivity index (χ3v) is 3.16. The maximum absolute atomic E-state index is 4.40. The van der Waals surface area contributed by atoms with Gasteiger partial charge in [-0.2, -0.15) is 4.37 Å². The Bertz CT molecular complexity index is 253. The van der Waals surface area contributed by atoms with Gasteiger partial charge in [0.2, 0.25) is 0 Å². The van der Waals surface area contributed by atoms with Crippen molar-refractivity contribution < 1.29 is 0 Å². The zero-order chi connectivity index (χ0) is 8.39. The quantitative estimate of drug-likeness (QED) is 0.713. The summed E-state index contributed by atoms with van der Waals surface area (Å²) in [6, 6.07) is 0. The second-order valence-corrected chi connectivity index (χ2v) is 4.01. The summed E-state index contributed by atoms with van der Waals surface area (Å²) in [4.78, 5) is 4.40. The number of hydrogen-bond donors (Lipinski definition) is 1. The van der Waals surface area contributed by atoms with Crippen LogP contribution in [0.2, 0.25) is 0 Å². The van der Waals surface area contributed by atoms with E-state index in [9.17, 15) is 0 Å². The van der Waals surface area contributed by atoms with Crippen LogP contribution in [-0.4, -0.2) is 22.4 Å². The molecule has 1 aromatic heterocycles. The van der Waals surface area contributed by atoms with Crippen molar-refractivity contribution in [3.63, 3.8) is 0 Å². The average molecular weight is 183 g/mol. The van der Waals surface area contributed by atoms with Gasteiger partial charge in [-0.25, -0.2) is 4.98 Å². The molecule has 2 rings (SSSR count). The van der Waals surface area contributed by atoms with E-state index in [1.54, 1.807) is 11.5 Å². The molecular formula is C8H13N3S. The van der Waals surface area contributed by atoms with Crippen molar-refractivity contribution in [3.05, 3.63) is 10.8 Å². The van der Waals surface area contributed by atoms with E-state index in [0.717, 1.165) is 18.9 Å². The van der Waals surface area contributed by atoms with Crippen LogP contribution in [0, 0.1) is 6.92 Å². The molecule has 0 spiro atoms. The molecule has 1 aliphatic rings. The summed E-state index contributed by atoms with van der Waals surface area (Å²) in [7, 11) is 0. The number of hydrogen-bond acceptors (Lipinski definition) is 4. The first-order valence-corrected chi connectivity index (χ1v) is 5.14. The SMILES string of the molecule is Cc1nsc([C@@H]2CCCNC2)n1. The van der Waals surface area contributed by atoms with Gasteiger partial charge >= 0.3 is 0 Å². The zero-order valence-electron chi connectivity index (χ0n) is 7.21. The minimum atomic E-state index is 0.616. The van der Waals surface area contributed by atoms with Crippen LogP contribution in [0.4, 0.5) is 0 Å². The number of nitrogens with one attached hydrogen (secondary N) is 1. The van der Waals surface area contributed by atoms with Crippen molar-refractivity contribution in [3.8, 4) is 0 Å². The van der Waals surface area contributed by atoms with Gasteiger partial charge in [-0.3, -0.25) is 0 Å². The molecule has 1 atom stereocenters.